The molecule has 2 aromatic heterocycles. The molecule has 11 heteroatoms. The van der Waals surface area contributed by atoms with Crippen LogP contribution in [0.5, 0.6) is 11.8 Å². The zero-order valence-electron chi connectivity index (χ0n) is 11.4. The van der Waals surface area contributed by atoms with Gasteiger partial charge < -0.3 is 31.4 Å². The molecule has 10 nitrogen and oxygen atoms in total. The first kappa shape index (κ1) is 25.2. The van der Waals surface area contributed by atoms with E-state index in [1.165, 1.54) is 36.7 Å². The van der Waals surface area contributed by atoms with Gasteiger partial charge in [0.05, 0.1) is 11.1 Å². The summed E-state index contributed by atoms with van der Waals surface area (Å²) in [6.07, 6.45) is 2.52. The number of nitrogens with zero attached hydrogens (tertiary/aromatic N) is 2. The van der Waals surface area contributed by atoms with Gasteiger partial charge in [0.25, 0.3) is 0 Å². The van der Waals surface area contributed by atoms with Gasteiger partial charge in [-0.3, -0.25) is 9.97 Å². The number of hydrogen-bond donors (Lipinski definition) is 2. The van der Waals surface area contributed by atoms with Crippen molar-refractivity contribution in [2.45, 2.75) is 0 Å². The van der Waals surface area contributed by atoms with Gasteiger partial charge in [0.2, 0.25) is 0 Å². The number of hydrogen-bond acceptors (Lipinski definition) is 6. The van der Waals surface area contributed by atoms with E-state index in [-0.39, 0.29) is 38.9 Å². The van der Waals surface area contributed by atoms with Crippen LogP contribution in [0.3, 0.4) is 0 Å². The molecule has 0 aliphatic rings. The van der Waals surface area contributed by atoms with Crippen LogP contribution < -0.4 is 10.2 Å². The van der Waals surface area contributed by atoms with Crippen molar-refractivity contribution in [2.24, 2.45) is 0 Å². The second kappa shape index (κ2) is 11.9. The van der Waals surface area contributed by atoms with Gasteiger partial charge in [-0.1, -0.05) is 0 Å². The summed E-state index contributed by atoms with van der Waals surface area (Å²) in [5, 5.41) is 37.8. The van der Waals surface area contributed by atoms with Gasteiger partial charge in [-0.15, -0.1) is 0 Å². The predicted molar refractivity (Wildman–Crippen MR) is 71.0 cm³/mol. The maximum absolute atomic E-state index is 10.6. The van der Waals surface area contributed by atoms with Crippen LogP contribution >= 0.6 is 0 Å². The van der Waals surface area contributed by atoms with Crippen LogP contribution in [-0.4, -0.2) is 32.1 Å². The van der Waals surface area contributed by atoms with Gasteiger partial charge >= 0.3 is 28.7 Å². The van der Waals surface area contributed by atoms with Gasteiger partial charge in [-0.2, -0.15) is 0 Å². The summed E-state index contributed by atoms with van der Waals surface area (Å²) in [5.41, 5.74) is -0.579. The minimum atomic E-state index is -1.24. The molecular formula is C12H14CoN2O8+2. The maximum Gasteiger partial charge on any atom is 2.00 e. The Morgan fingerprint density at radius 1 is 0.826 bits per heavy atom. The Labute approximate surface area is 139 Å². The Hall–Kier alpha value is -2.73. The summed E-state index contributed by atoms with van der Waals surface area (Å²) < 4.78 is 0. The summed E-state index contributed by atoms with van der Waals surface area (Å²) in [6.45, 7) is 0. The van der Waals surface area contributed by atoms with E-state index in [0.29, 0.717) is 0 Å². The first-order valence-corrected chi connectivity index (χ1v) is 5.14. The zero-order valence-corrected chi connectivity index (χ0v) is 12.4. The molecule has 0 aliphatic heterocycles. The van der Waals surface area contributed by atoms with Crippen LogP contribution in [0.25, 0.3) is 0 Å². The third-order valence-electron chi connectivity index (χ3n) is 2.00. The predicted octanol–water partition coefficient (Wildman–Crippen LogP) is -2.14. The minimum absolute atomic E-state index is 0. The van der Waals surface area contributed by atoms with E-state index in [0.717, 1.165) is 0 Å². The number of carboxylic acid groups (broad SMARTS) is 2. The summed E-state index contributed by atoms with van der Waals surface area (Å²) in [4.78, 5) is 26.9. The van der Waals surface area contributed by atoms with Gasteiger partial charge in [0, 0.05) is 24.2 Å². The van der Waals surface area contributed by atoms with Crippen LogP contribution in [-0.2, 0) is 27.7 Å². The largest absolute Gasteiger partial charge is 2.00 e. The van der Waals surface area contributed by atoms with Crippen molar-refractivity contribution in [3.63, 3.8) is 0 Å². The second-order valence-corrected chi connectivity index (χ2v) is 3.32. The molecule has 0 saturated heterocycles. The first-order valence-electron chi connectivity index (χ1n) is 5.14. The molecule has 0 fully saturated rings. The monoisotopic (exact) mass is 373 g/mol. The normalized spacial score (nSPS) is 8.00. The molecule has 2 rings (SSSR count). The fourth-order valence-electron chi connectivity index (χ4n) is 1.11. The molecule has 0 aromatic carbocycles. The van der Waals surface area contributed by atoms with Crippen LogP contribution in [0.2, 0.25) is 0 Å². The van der Waals surface area contributed by atoms with E-state index in [2.05, 4.69) is 9.97 Å². The van der Waals surface area contributed by atoms with Crippen molar-refractivity contribution < 1.29 is 57.7 Å². The molecule has 0 atom stereocenters. The number of rotatable bonds is 2. The van der Waals surface area contributed by atoms with Crippen molar-refractivity contribution in [1.29, 1.82) is 0 Å². The van der Waals surface area contributed by atoms with Gasteiger partial charge in [0.15, 0.2) is 0 Å². The van der Waals surface area contributed by atoms with Crippen molar-refractivity contribution in [3.8, 4) is 11.8 Å². The third-order valence-corrected chi connectivity index (χ3v) is 2.00. The van der Waals surface area contributed by atoms with Crippen LogP contribution in [0, 0.1) is 0 Å². The van der Waals surface area contributed by atoms with Crippen LogP contribution in [0.4, 0.5) is 0 Å². The fourth-order valence-corrected chi connectivity index (χ4v) is 1.11. The molecule has 0 unspecified atom stereocenters. The minimum Gasteiger partial charge on any atom is -0.858 e. The maximum atomic E-state index is 10.6. The smallest absolute Gasteiger partial charge is 0.858 e. The first-order chi connectivity index (χ1) is 9.43. The Morgan fingerprint density at radius 3 is 1.30 bits per heavy atom. The average Bonchev–Trinajstić information content (AvgIpc) is 2.40. The van der Waals surface area contributed by atoms with E-state index in [9.17, 15) is 19.8 Å². The van der Waals surface area contributed by atoms with Gasteiger partial charge in [-0.05, 0) is 24.3 Å². The average molecular weight is 373 g/mol. The Kier molecular flexibility index (Phi) is 13.0. The summed E-state index contributed by atoms with van der Waals surface area (Å²) >= 11 is 0. The van der Waals surface area contributed by atoms with E-state index in [1.54, 1.807) is 0 Å². The topological polar surface area (TPSA) is 212 Å². The molecule has 0 saturated carbocycles. The Morgan fingerprint density at radius 2 is 1.13 bits per heavy atom. The van der Waals surface area contributed by atoms with E-state index < -0.39 is 23.7 Å². The molecule has 0 aliphatic carbocycles. The standard InChI is InChI=1S/2C6H5NO3.Co.2H2O/c2*8-5-4(6(9)10)2-1-3-7-5;;;/h2*1-3H,(H,7,8)(H,9,10);;2*1H2/q;;+2;;. The molecule has 2 heterocycles. The van der Waals surface area contributed by atoms with Crippen molar-refractivity contribution in [2.75, 3.05) is 0 Å². The SMILES string of the molecule is O=C(O)c1cccnc1[O-].O=C(O)c1cccnc1[O-].[Co+2].[OH3+].[OH3+]. The number of aromatic carboxylic acids is 2. The van der Waals surface area contributed by atoms with E-state index in [4.69, 9.17) is 10.2 Å². The second-order valence-electron chi connectivity index (χ2n) is 3.32. The van der Waals surface area contributed by atoms with E-state index in [1.807, 2.05) is 0 Å². The molecule has 8 N–H and O–H groups in total. The number of carboxylic acids is 2. The zero-order chi connectivity index (χ0) is 15.1. The summed E-state index contributed by atoms with van der Waals surface area (Å²) in [6, 6.07) is 5.25. The Balaban J connectivity index is -0.000000308. The van der Waals surface area contributed by atoms with Crippen molar-refractivity contribution in [1.82, 2.24) is 9.97 Å². The molecular weight excluding hydrogens is 359 g/mol. The fraction of sp³-hybridized carbons (Fsp3) is 0. The van der Waals surface area contributed by atoms with Crippen LogP contribution in [0.15, 0.2) is 36.7 Å². The molecule has 0 bridgehead atoms. The van der Waals surface area contributed by atoms with E-state index >= 15 is 0 Å². The summed E-state index contributed by atoms with van der Waals surface area (Å²) in [5.74, 6) is -3.87. The third kappa shape index (κ3) is 7.73. The number of pyridine rings is 2. The molecule has 127 valence electrons. The quantitative estimate of drug-likeness (QED) is 0.553. The van der Waals surface area contributed by atoms with Gasteiger partial charge in [0.1, 0.15) is 0 Å². The molecule has 2 aromatic rings. The molecule has 0 spiro atoms. The van der Waals surface area contributed by atoms with Crippen LogP contribution in [0.1, 0.15) is 20.7 Å². The van der Waals surface area contributed by atoms with Crippen molar-refractivity contribution >= 4 is 11.9 Å². The number of carbonyl (C=O) groups is 2. The molecule has 0 amide bonds. The Bertz CT molecular complexity index is 582. The van der Waals surface area contributed by atoms with Crippen molar-refractivity contribution in [3.05, 3.63) is 47.8 Å². The summed E-state index contributed by atoms with van der Waals surface area (Å²) in [7, 11) is 0. The molecule has 23 heavy (non-hydrogen) atoms. The number of aromatic nitrogens is 2. The molecule has 1 radical (unpaired) electrons. The van der Waals surface area contributed by atoms with Gasteiger partial charge in [-0.25, -0.2) is 9.59 Å².